The van der Waals surface area contributed by atoms with Gasteiger partial charge in [0.2, 0.25) is 0 Å². The summed E-state index contributed by atoms with van der Waals surface area (Å²) in [6, 6.07) is 10.6. The van der Waals surface area contributed by atoms with E-state index in [4.69, 9.17) is 0 Å². The summed E-state index contributed by atoms with van der Waals surface area (Å²) >= 11 is 0. The Kier molecular flexibility index (Phi) is 1.38. The van der Waals surface area contributed by atoms with Gasteiger partial charge in [-0.1, -0.05) is 30.3 Å². The van der Waals surface area contributed by atoms with Crippen molar-refractivity contribution in [2.75, 3.05) is 0 Å². The van der Waals surface area contributed by atoms with E-state index in [0.717, 1.165) is 5.92 Å². The molecule has 0 amide bonds. The van der Waals surface area contributed by atoms with Crippen LogP contribution in [0, 0.1) is 41.4 Å². The number of aliphatic hydroxyl groups is 2. The molecule has 0 spiro atoms. The lowest BCUT2D eigenvalue weighted by Gasteiger charge is -2.42. The molecule has 10 atom stereocenters. The maximum absolute atomic E-state index is 11.0. The van der Waals surface area contributed by atoms with Crippen molar-refractivity contribution in [2.24, 2.45) is 41.4 Å². The fraction of sp³-hybridized carbons (Fsp3) is 0.647. The molecule has 0 aromatic heterocycles. The van der Waals surface area contributed by atoms with Gasteiger partial charge in [0.15, 0.2) is 0 Å². The molecular weight excluding hydrogens is 236 g/mol. The Bertz CT molecular complexity index is 580. The van der Waals surface area contributed by atoms with Crippen molar-refractivity contribution in [3.63, 3.8) is 0 Å². The van der Waals surface area contributed by atoms with Gasteiger partial charge in [-0.3, -0.25) is 0 Å². The molecular formula is C17H18O2. The molecule has 98 valence electrons. The third kappa shape index (κ3) is 0.696. The molecule has 6 saturated carbocycles. The van der Waals surface area contributed by atoms with Crippen molar-refractivity contribution in [3.05, 3.63) is 35.9 Å². The van der Waals surface area contributed by atoms with Crippen LogP contribution in [0.2, 0.25) is 0 Å². The topological polar surface area (TPSA) is 40.5 Å². The van der Waals surface area contributed by atoms with Crippen molar-refractivity contribution in [1.82, 2.24) is 0 Å². The molecule has 6 aliphatic carbocycles. The average molecular weight is 254 g/mol. The fourth-order valence-corrected chi connectivity index (χ4v) is 7.93. The summed E-state index contributed by atoms with van der Waals surface area (Å²) in [5.74, 6) is 3.93. The minimum absolute atomic E-state index is 0.0989. The first-order valence-corrected chi connectivity index (χ1v) is 7.69. The number of benzene rings is 1. The van der Waals surface area contributed by atoms with E-state index in [1.807, 2.05) is 6.07 Å². The molecule has 6 fully saturated rings. The minimum atomic E-state index is -0.202. The molecule has 1 aromatic rings. The van der Waals surface area contributed by atoms with E-state index in [0.29, 0.717) is 35.5 Å². The van der Waals surface area contributed by atoms with E-state index in [-0.39, 0.29) is 17.6 Å². The van der Waals surface area contributed by atoms with E-state index in [2.05, 4.69) is 24.3 Å². The normalized spacial score (nSPS) is 65.9. The van der Waals surface area contributed by atoms with Gasteiger partial charge < -0.3 is 10.2 Å². The summed E-state index contributed by atoms with van der Waals surface area (Å²) in [6.07, 6.45) is 0.934. The van der Waals surface area contributed by atoms with Crippen LogP contribution in [0.15, 0.2) is 30.3 Å². The van der Waals surface area contributed by atoms with Gasteiger partial charge in [-0.2, -0.15) is 0 Å². The van der Waals surface area contributed by atoms with E-state index < -0.39 is 0 Å². The minimum Gasteiger partial charge on any atom is -0.392 e. The van der Waals surface area contributed by atoms with Gasteiger partial charge in [0.1, 0.15) is 0 Å². The Balaban J connectivity index is 1.68. The standard InChI is InChI=1S/C17H18O2/c18-15-12-8-6-9-11-10(8)14(15)17(13(9)12,16(11)19)7-4-2-1-3-5-7/h1-5,8-16,18-19H,6H2/t8-,9+,10+,11+,12+,13-,14-,15+,16-,17+/m0/s1. The Morgan fingerprint density at radius 3 is 2.47 bits per heavy atom. The molecule has 0 heterocycles. The number of rotatable bonds is 1. The highest BCUT2D eigenvalue weighted by Gasteiger charge is 2.89. The maximum atomic E-state index is 11.0. The average Bonchev–Trinajstić information content (AvgIpc) is 3.15. The van der Waals surface area contributed by atoms with Gasteiger partial charge in [-0.25, -0.2) is 0 Å². The zero-order valence-electron chi connectivity index (χ0n) is 10.7. The molecule has 2 N–H and O–H groups in total. The number of hydrogen-bond donors (Lipinski definition) is 2. The third-order valence-electron chi connectivity index (χ3n) is 7.76. The predicted octanol–water partition coefficient (Wildman–Crippen LogP) is 1.42. The van der Waals surface area contributed by atoms with Crippen LogP contribution in [0.4, 0.5) is 0 Å². The van der Waals surface area contributed by atoms with Crippen molar-refractivity contribution >= 4 is 0 Å². The summed E-state index contributed by atoms with van der Waals surface area (Å²) in [4.78, 5) is 0. The van der Waals surface area contributed by atoms with Gasteiger partial charge in [-0.15, -0.1) is 0 Å². The molecule has 6 bridgehead atoms. The molecule has 2 heteroatoms. The van der Waals surface area contributed by atoms with Gasteiger partial charge in [0.25, 0.3) is 0 Å². The monoisotopic (exact) mass is 254 g/mol. The van der Waals surface area contributed by atoms with E-state index in [1.165, 1.54) is 12.0 Å². The Hall–Kier alpha value is -0.860. The van der Waals surface area contributed by atoms with Crippen LogP contribution in [-0.4, -0.2) is 22.4 Å². The summed E-state index contributed by atoms with van der Waals surface area (Å²) in [5, 5.41) is 21.8. The highest BCUT2D eigenvalue weighted by atomic mass is 16.3. The summed E-state index contributed by atoms with van der Waals surface area (Å²) in [5.41, 5.74) is 1.20. The first kappa shape index (κ1) is 9.95. The van der Waals surface area contributed by atoms with Gasteiger partial charge in [0.05, 0.1) is 12.2 Å². The molecule has 7 rings (SSSR count). The second-order valence-corrected chi connectivity index (χ2v) is 7.58. The molecule has 0 aliphatic heterocycles. The molecule has 0 unspecified atom stereocenters. The second kappa shape index (κ2) is 2.64. The first-order valence-electron chi connectivity index (χ1n) is 7.69. The van der Waals surface area contributed by atoms with Crippen molar-refractivity contribution < 1.29 is 10.2 Å². The van der Waals surface area contributed by atoms with E-state index in [1.54, 1.807) is 0 Å². The number of aliphatic hydroxyl groups excluding tert-OH is 2. The van der Waals surface area contributed by atoms with E-state index >= 15 is 0 Å². The maximum Gasteiger partial charge on any atom is 0.0677 e. The highest BCUT2D eigenvalue weighted by molar-refractivity contribution is 5.47. The summed E-state index contributed by atoms with van der Waals surface area (Å²) < 4.78 is 0. The molecule has 2 nitrogen and oxygen atoms in total. The van der Waals surface area contributed by atoms with Crippen LogP contribution >= 0.6 is 0 Å². The molecule has 0 saturated heterocycles. The van der Waals surface area contributed by atoms with Crippen molar-refractivity contribution in [2.45, 2.75) is 24.0 Å². The Labute approximate surface area is 112 Å². The quantitative estimate of drug-likeness (QED) is 0.795. The molecule has 1 aromatic carbocycles. The highest BCUT2D eigenvalue weighted by Crippen LogP contribution is 2.86. The lowest BCUT2D eigenvalue weighted by atomic mass is 9.61. The van der Waals surface area contributed by atoms with Crippen LogP contribution in [0.3, 0.4) is 0 Å². The number of hydrogen-bond acceptors (Lipinski definition) is 2. The zero-order chi connectivity index (χ0) is 12.5. The third-order valence-corrected chi connectivity index (χ3v) is 7.76. The first-order chi connectivity index (χ1) is 9.28. The predicted molar refractivity (Wildman–Crippen MR) is 69.2 cm³/mol. The second-order valence-electron chi connectivity index (χ2n) is 7.58. The smallest absolute Gasteiger partial charge is 0.0677 e. The Morgan fingerprint density at radius 1 is 0.895 bits per heavy atom. The lowest BCUT2D eigenvalue weighted by molar-refractivity contribution is 0.0683. The molecule has 6 aliphatic rings. The van der Waals surface area contributed by atoms with Gasteiger partial charge >= 0.3 is 0 Å². The zero-order valence-corrected chi connectivity index (χ0v) is 10.7. The van der Waals surface area contributed by atoms with Crippen LogP contribution < -0.4 is 0 Å². The fourth-order valence-electron chi connectivity index (χ4n) is 7.93. The summed E-state index contributed by atoms with van der Waals surface area (Å²) in [7, 11) is 0. The SMILES string of the molecule is O[C@@H]1[C@@H]2[C@H]3C[C@@H]4[C@@H]5[C@@H]3[C@@H]1[C@@](c1ccccc1)([C@@H]42)[C@H]5O. The lowest BCUT2D eigenvalue weighted by Crippen LogP contribution is -2.44. The van der Waals surface area contributed by atoms with Crippen LogP contribution in [0.5, 0.6) is 0 Å². The van der Waals surface area contributed by atoms with Crippen molar-refractivity contribution in [1.29, 1.82) is 0 Å². The largest absolute Gasteiger partial charge is 0.392 e. The van der Waals surface area contributed by atoms with Gasteiger partial charge in [0, 0.05) is 11.3 Å². The van der Waals surface area contributed by atoms with E-state index in [9.17, 15) is 10.2 Å². The van der Waals surface area contributed by atoms with Crippen LogP contribution in [-0.2, 0) is 5.41 Å². The van der Waals surface area contributed by atoms with Crippen LogP contribution in [0.1, 0.15) is 12.0 Å². The Morgan fingerprint density at radius 2 is 1.68 bits per heavy atom. The van der Waals surface area contributed by atoms with Gasteiger partial charge in [-0.05, 0) is 47.5 Å². The molecule has 0 radical (unpaired) electrons. The summed E-state index contributed by atoms with van der Waals surface area (Å²) in [6.45, 7) is 0. The van der Waals surface area contributed by atoms with Crippen LogP contribution in [0.25, 0.3) is 0 Å². The molecule has 19 heavy (non-hydrogen) atoms. The van der Waals surface area contributed by atoms with Crippen molar-refractivity contribution in [3.8, 4) is 0 Å².